The maximum absolute atomic E-state index is 12.4. The molecule has 0 saturated carbocycles. The number of carbonyl (C=O) groups excluding carboxylic acids is 1. The number of ether oxygens (including phenoxy) is 2. The molecule has 0 radical (unpaired) electrons. The zero-order valence-electron chi connectivity index (χ0n) is 13.9. The van der Waals surface area contributed by atoms with Gasteiger partial charge in [-0.15, -0.1) is 0 Å². The normalized spacial score (nSPS) is 25.3. The number of hydrogen-bond acceptors (Lipinski definition) is 4. The highest BCUT2D eigenvalue weighted by Crippen LogP contribution is 2.23. The van der Waals surface area contributed by atoms with Crippen molar-refractivity contribution < 1.29 is 14.3 Å². The van der Waals surface area contributed by atoms with E-state index in [1.165, 1.54) is 6.42 Å². The fraction of sp³-hybridized carbons (Fsp3) is 0.938. The number of amides is 1. The number of nitrogens with one attached hydrogen (secondary N) is 1. The Bertz CT molecular complexity index is 350. The van der Waals surface area contributed by atoms with Gasteiger partial charge in [0.2, 0.25) is 0 Å². The van der Waals surface area contributed by atoms with Crippen molar-refractivity contribution in [3.05, 3.63) is 0 Å². The summed E-state index contributed by atoms with van der Waals surface area (Å²) in [6, 6.07) is 1.17. The quantitative estimate of drug-likeness (QED) is 0.866. The third-order valence-electron chi connectivity index (χ3n) is 4.04. The second-order valence-corrected chi connectivity index (χ2v) is 7.36. The van der Waals surface area contributed by atoms with E-state index in [1.54, 1.807) is 0 Å². The van der Waals surface area contributed by atoms with Gasteiger partial charge < -0.3 is 19.7 Å². The topological polar surface area (TPSA) is 50.8 Å². The zero-order chi connectivity index (χ0) is 15.5. The molecule has 0 aliphatic carbocycles. The smallest absolute Gasteiger partial charge is 0.410 e. The largest absolute Gasteiger partial charge is 0.444 e. The van der Waals surface area contributed by atoms with Gasteiger partial charge in [-0.3, -0.25) is 0 Å². The van der Waals surface area contributed by atoms with Crippen LogP contribution in [0.1, 0.15) is 53.4 Å². The van der Waals surface area contributed by atoms with E-state index in [2.05, 4.69) is 12.2 Å². The minimum atomic E-state index is -0.424. The van der Waals surface area contributed by atoms with Gasteiger partial charge in [-0.1, -0.05) is 0 Å². The predicted octanol–water partition coefficient (Wildman–Crippen LogP) is 2.54. The van der Waals surface area contributed by atoms with Crippen LogP contribution < -0.4 is 5.32 Å². The first-order valence-corrected chi connectivity index (χ1v) is 8.18. The van der Waals surface area contributed by atoms with E-state index in [9.17, 15) is 4.79 Å². The summed E-state index contributed by atoms with van der Waals surface area (Å²) < 4.78 is 10.7. The van der Waals surface area contributed by atoms with Crippen LogP contribution in [0.25, 0.3) is 0 Å². The van der Waals surface area contributed by atoms with Crippen molar-refractivity contribution in [2.24, 2.45) is 0 Å². The molecule has 1 N–H and O–H groups in total. The summed E-state index contributed by atoms with van der Waals surface area (Å²) in [5.74, 6) is 0. The minimum Gasteiger partial charge on any atom is -0.444 e. The molecule has 0 aromatic carbocycles. The van der Waals surface area contributed by atoms with Crippen molar-refractivity contribution >= 4 is 6.09 Å². The molecule has 1 amide bonds. The van der Waals surface area contributed by atoms with Crippen molar-refractivity contribution in [3.63, 3.8) is 0 Å². The van der Waals surface area contributed by atoms with Gasteiger partial charge in [-0.2, -0.15) is 0 Å². The molecule has 21 heavy (non-hydrogen) atoms. The average Bonchev–Trinajstić information content (AvgIpc) is 2.32. The summed E-state index contributed by atoms with van der Waals surface area (Å²) in [6.07, 6.45) is 4.17. The van der Waals surface area contributed by atoms with Crippen LogP contribution in [0.4, 0.5) is 4.79 Å². The van der Waals surface area contributed by atoms with Crippen LogP contribution in [-0.2, 0) is 9.47 Å². The predicted molar refractivity (Wildman–Crippen MR) is 82.4 cm³/mol. The maximum atomic E-state index is 12.4. The molecule has 0 spiro atoms. The lowest BCUT2D eigenvalue weighted by Gasteiger charge is -2.39. The van der Waals surface area contributed by atoms with Gasteiger partial charge in [-0.25, -0.2) is 4.79 Å². The maximum Gasteiger partial charge on any atom is 0.410 e. The highest BCUT2D eigenvalue weighted by molar-refractivity contribution is 5.68. The van der Waals surface area contributed by atoms with Crippen LogP contribution in [-0.4, -0.2) is 54.5 Å². The van der Waals surface area contributed by atoms with Crippen molar-refractivity contribution in [1.29, 1.82) is 0 Å². The van der Waals surface area contributed by atoms with Gasteiger partial charge in [0, 0.05) is 18.6 Å². The Kier molecular flexibility index (Phi) is 5.49. The molecule has 0 aromatic heterocycles. The molecule has 5 nitrogen and oxygen atoms in total. The highest BCUT2D eigenvalue weighted by Gasteiger charge is 2.32. The Morgan fingerprint density at radius 1 is 1.38 bits per heavy atom. The molecule has 0 aromatic rings. The summed E-state index contributed by atoms with van der Waals surface area (Å²) in [5, 5.41) is 3.57. The molecule has 2 rings (SSSR count). The molecule has 2 heterocycles. The van der Waals surface area contributed by atoms with Crippen LogP contribution in [0.3, 0.4) is 0 Å². The molecule has 2 saturated heterocycles. The van der Waals surface area contributed by atoms with Crippen LogP contribution in [0, 0.1) is 0 Å². The lowest BCUT2D eigenvalue weighted by molar-refractivity contribution is -0.0135. The molecule has 2 atom stereocenters. The van der Waals surface area contributed by atoms with Gasteiger partial charge in [0.1, 0.15) is 5.60 Å². The third-order valence-corrected chi connectivity index (χ3v) is 4.04. The fourth-order valence-corrected chi connectivity index (χ4v) is 3.02. The molecule has 2 aliphatic rings. The van der Waals surface area contributed by atoms with E-state index >= 15 is 0 Å². The van der Waals surface area contributed by atoms with Gasteiger partial charge in [0.25, 0.3) is 0 Å². The molecular formula is C16H30N2O3. The Morgan fingerprint density at radius 2 is 2.10 bits per heavy atom. The third kappa shape index (κ3) is 5.15. The lowest BCUT2D eigenvalue weighted by atomic mass is 9.96. The van der Waals surface area contributed by atoms with E-state index in [4.69, 9.17) is 9.47 Å². The van der Waals surface area contributed by atoms with Crippen LogP contribution in [0.2, 0.25) is 0 Å². The summed E-state index contributed by atoms with van der Waals surface area (Å²) in [6.45, 7) is 10.4. The summed E-state index contributed by atoms with van der Waals surface area (Å²) >= 11 is 0. The summed E-state index contributed by atoms with van der Waals surface area (Å²) in [7, 11) is 0. The van der Waals surface area contributed by atoms with Crippen molar-refractivity contribution in [2.75, 3.05) is 19.8 Å². The van der Waals surface area contributed by atoms with E-state index in [1.807, 2.05) is 25.7 Å². The molecule has 0 bridgehead atoms. The van der Waals surface area contributed by atoms with Crippen molar-refractivity contribution in [3.8, 4) is 0 Å². The van der Waals surface area contributed by atoms with Gasteiger partial charge in [0.15, 0.2) is 0 Å². The SMILES string of the molecule is CC(CC1CCCCN1C(=O)OC(C)(C)C)NC1COC1. The van der Waals surface area contributed by atoms with Gasteiger partial charge >= 0.3 is 6.09 Å². The number of hydrogen-bond donors (Lipinski definition) is 1. The minimum absolute atomic E-state index is 0.161. The molecule has 2 unspecified atom stereocenters. The number of nitrogens with zero attached hydrogens (tertiary/aromatic N) is 1. The van der Waals surface area contributed by atoms with E-state index in [-0.39, 0.29) is 12.1 Å². The summed E-state index contributed by atoms with van der Waals surface area (Å²) in [5.41, 5.74) is -0.424. The number of piperidine rings is 1. The second kappa shape index (κ2) is 6.97. The zero-order valence-corrected chi connectivity index (χ0v) is 13.9. The molecule has 122 valence electrons. The Labute approximate surface area is 128 Å². The molecule has 5 heteroatoms. The monoisotopic (exact) mass is 298 g/mol. The summed E-state index contributed by atoms with van der Waals surface area (Å²) in [4.78, 5) is 14.3. The van der Waals surface area contributed by atoms with Crippen LogP contribution >= 0.6 is 0 Å². The lowest BCUT2D eigenvalue weighted by Crippen LogP contribution is -2.53. The van der Waals surface area contributed by atoms with Gasteiger partial charge in [-0.05, 0) is 53.4 Å². The number of rotatable bonds is 4. The van der Waals surface area contributed by atoms with E-state index < -0.39 is 5.60 Å². The molecule has 2 fully saturated rings. The van der Waals surface area contributed by atoms with Crippen LogP contribution in [0.5, 0.6) is 0 Å². The average molecular weight is 298 g/mol. The van der Waals surface area contributed by atoms with E-state index in [0.29, 0.717) is 12.1 Å². The Hall–Kier alpha value is -0.810. The number of likely N-dealkylation sites (tertiary alicyclic amines) is 1. The van der Waals surface area contributed by atoms with Crippen LogP contribution in [0.15, 0.2) is 0 Å². The first kappa shape index (κ1) is 16.6. The second-order valence-electron chi connectivity index (χ2n) is 7.36. The molecule has 2 aliphatic heterocycles. The number of carbonyl (C=O) groups is 1. The van der Waals surface area contributed by atoms with Crippen molar-refractivity contribution in [2.45, 2.75) is 77.1 Å². The Balaban J connectivity index is 1.86. The fourth-order valence-electron chi connectivity index (χ4n) is 3.02. The van der Waals surface area contributed by atoms with Crippen molar-refractivity contribution in [1.82, 2.24) is 10.2 Å². The highest BCUT2D eigenvalue weighted by atomic mass is 16.6. The van der Waals surface area contributed by atoms with Gasteiger partial charge in [0.05, 0.1) is 19.3 Å². The first-order chi connectivity index (χ1) is 9.85. The first-order valence-electron chi connectivity index (χ1n) is 8.18. The Morgan fingerprint density at radius 3 is 2.67 bits per heavy atom. The van der Waals surface area contributed by atoms with E-state index in [0.717, 1.165) is 39.0 Å². The molecular weight excluding hydrogens is 268 g/mol. The standard InChI is InChI=1S/C16H30N2O3/c1-12(17-13-10-20-11-13)9-14-7-5-6-8-18(14)15(19)21-16(2,3)4/h12-14,17H,5-11H2,1-4H3.